The molecule has 1 unspecified atom stereocenters. The number of carbonyl (C=O) groups is 2. The molecule has 3 N–H and O–H groups in total. The number of hydrogen-bond donors (Lipinski definition) is 3. The second-order valence-electron chi connectivity index (χ2n) is 8.47. The number of fused-ring (bicyclic) bond motifs is 1. The number of aliphatic imine (C=N–C) groups is 1. The molecular weight excluding hydrogens is 533 g/mol. The van der Waals surface area contributed by atoms with Crippen molar-refractivity contribution < 1.29 is 14.3 Å². The zero-order valence-electron chi connectivity index (χ0n) is 18.4. The molecule has 9 heteroatoms. The quantitative estimate of drug-likeness (QED) is 0.369. The van der Waals surface area contributed by atoms with E-state index in [2.05, 4.69) is 43.2 Å². The number of amides is 2. The zero-order chi connectivity index (χ0) is 23.6. The van der Waals surface area contributed by atoms with E-state index in [1.165, 1.54) is 4.90 Å². The van der Waals surface area contributed by atoms with E-state index in [9.17, 15) is 9.59 Å². The van der Waals surface area contributed by atoms with Crippen molar-refractivity contribution in [1.29, 1.82) is 0 Å². The number of nitrogens with one attached hydrogen (secondary N) is 3. The Morgan fingerprint density at radius 1 is 1.03 bits per heavy atom. The Morgan fingerprint density at radius 2 is 1.61 bits per heavy atom. The van der Waals surface area contributed by atoms with Crippen LogP contribution in [-0.4, -0.2) is 22.9 Å². The van der Waals surface area contributed by atoms with Crippen molar-refractivity contribution in [3.63, 3.8) is 0 Å². The summed E-state index contributed by atoms with van der Waals surface area (Å²) in [6.07, 6.45) is 0.250. The highest BCUT2D eigenvalue weighted by Gasteiger charge is 2.32. The van der Waals surface area contributed by atoms with Gasteiger partial charge in [-0.1, -0.05) is 57.2 Å². The van der Waals surface area contributed by atoms with Gasteiger partial charge in [0.2, 0.25) is 18.1 Å². The normalized spacial score (nSPS) is 15.0. The highest BCUT2D eigenvalue weighted by Crippen LogP contribution is 2.36. The van der Waals surface area contributed by atoms with E-state index in [1.54, 1.807) is 6.20 Å². The summed E-state index contributed by atoms with van der Waals surface area (Å²) < 4.78 is 6.76. The second-order valence-corrected chi connectivity index (χ2v) is 9.64. The second kappa shape index (κ2) is 9.26. The minimum Gasteiger partial charge on any atom is -0.418 e. The highest BCUT2D eigenvalue weighted by molar-refractivity contribution is 14.1. The number of benzene rings is 2. The highest BCUT2D eigenvalue weighted by atomic mass is 127. The molecular formula is C24H24IN5O3. The molecule has 170 valence electrons. The maximum Gasteiger partial charge on any atom is 0.421 e. The van der Waals surface area contributed by atoms with Gasteiger partial charge in [0.15, 0.2) is 0 Å². The predicted molar refractivity (Wildman–Crippen MR) is 136 cm³/mol. The molecule has 1 aliphatic rings. The van der Waals surface area contributed by atoms with Crippen molar-refractivity contribution in [2.75, 3.05) is 10.2 Å². The summed E-state index contributed by atoms with van der Waals surface area (Å²) in [6.45, 7) is 5.43. The third kappa shape index (κ3) is 5.03. The van der Waals surface area contributed by atoms with Crippen molar-refractivity contribution in [2.24, 2.45) is 10.4 Å². The average molecular weight is 557 g/mol. The van der Waals surface area contributed by atoms with Gasteiger partial charge in [0.05, 0.1) is 16.9 Å². The Kier molecular flexibility index (Phi) is 6.41. The van der Waals surface area contributed by atoms with E-state index in [-0.39, 0.29) is 11.9 Å². The molecule has 4 rings (SSSR count). The molecule has 0 fully saturated rings. The molecule has 1 aliphatic heterocycles. The molecule has 1 aromatic heterocycles. The molecule has 3 aromatic rings. The van der Waals surface area contributed by atoms with Crippen molar-refractivity contribution in [2.45, 2.75) is 27.0 Å². The Bertz CT molecular complexity index is 1150. The van der Waals surface area contributed by atoms with Crippen molar-refractivity contribution >= 4 is 57.7 Å². The number of nitrogens with zero attached hydrogens (tertiary/aromatic N) is 2. The Labute approximate surface area is 205 Å². The van der Waals surface area contributed by atoms with Gasteiger partial charge in [-0.25, -0.2) is 14.7 Å². The predicted octanol–water partition coefficient (Wildman–Crippen LogP) is 5.54. The van der Waals surface area contributed by atoms with Crippen molar-refractivity contribution in [3.8, 4) is 0 Å². The lowest BCUT2D eigenvalue weighted by atomic mass is 9.96. The molecule has 0 radical (unpaired) electrons. The average Bonchev–Trinajstić information content (AvgIpc) is 3.15. The monoisotopic (exact) mass is 557 g/mol. The molecule has 2 heterocycles. The fourth-order valence-electron chi connectivity index (χ4n) is 3.19. The molecule has 33 heavy (non-hydrogen) atoms. The molecule has 0 spiro atoms. The molecule has 0 bridgehead atoms. The summed E-state index contributed by atoms with van der Waals surface area (Å²) in [5, 5.41) is 5.85. The van der Waals surface area contributed by atoms with Crippen LogP contribution in [0.4, 0.5) is 22.0 Å². The van der Waals surface area contributed by atoms with Crippen LogP contribution in [0.2, 0.25) is 0 Å². The molecule has 1 atom stereocenters. The standard InChI is InChI=1S/C24H24IN5O3/c1-24(2,3)21(31)29-22-27-19-18(17(25)14-26-19)20(28-22)33-23(32)30(15-10-6-4-7-11-15)16-12-8-5-9-13-16/h4-14,20,26H,1-3H3,(H2,27,28,29,31). The van der Waals surface area contributed by atoms with Crippen LogP contribution in [0.15, 0.2) is 71.9 Å². The number of rotatable bonds is 3. The summed E-state index contributed by atoms with van der Waals surface area (Å²) >= 11 is 2.15. The lowest BCUT2D eigenvalue weighted by Crippen LogP contribution is -2.44. The summed E-state index contributed by atoms with van der Waals surface area (Å²) in [7, 11) is 0. The van der Waals surface area contributed by atoms with E-state index in [0.717, 1.165) is 3.57 Å². The summed E-state index contributed by atoms with van der Waals surface area (Å²) in [6, 6.07) is 18.5. The summed E-state index contributed by atoms with van der Waals surface area (Å²) in [4.78, 5) is 35.1. The first-order valence-electron chi connectivity index (χ1n) is 10.4. The number of guanidine groups is 1. The molecule has 0 aliphatic carbocycles. The lowest BCUT2D eigenvalue weighted by molar-refractivity contribution is -0.126. The van der Waals surface area contributed by atoms with Gasteiger partial charge in [-0.15, -0.1) is 0 Å². The van der Waals surface area contributed by atoms with Crippen LogP contribution < -0.4 is 15.5 Å². The van der Waals surface area contributed by atoms with Gasteiger partial charge in [0.25, 0.3) is 0 Å². The molecule has 2 amide bonds. The number of ether oxygens (including phenoxy) is 1. The molecule has 0 saturated carbocycles. The zero-order valence-corrected chi connectivity index (χ0v) is 20.6. The van der Waals surface area contributed by atoms with Crippen LogP contribution in [0, 0.1) is 8.99 Å². The van der Waals surface area contributed by atoms with E-state index in [4.69, 9.17) is 4.74 Å². The third-order valence-electron chi connectivity index (χ3n) is 4.94. The number of aromatic nitrogens is 1. The van der Waals surface area contributed by atoms with E-state index >= 15 is 0 Å². The summed E-state index contributed by atoms with van der Waals surface area (Å²) in [5.74, 6) is 0.616. The van der Waals surface area contributed by atoms with Gasteiger partial charge in [-0.3, -0.25) is 10.1 Å². The largest absolute Gasteiger partial charge is 0.421 e. The number of anilines is 3. The summed E-state index contributed by atoms with van der Waals surface area (Å²) in [5.41, 5.74) is 1.41. The molecule has 2 aromatic carbocycles. The number of para-hydroxylation sites is 2. The smallest absolute Gasteiger partial charge is 0.418 e. The molecule has 0 saturated heterocycles. The van der Waals surface area contributed by atoms with Gasteiger partial charge in [0.1, 0.15) is 5.82 Å². The first kappa shape index (κ1) is 22.8. The van der Waals surface area contributed by atoms with Crippen LogP contribution in [0.25, 0.3) is 0 Å². The van der Waals surface area contributed by atoms with Crippen molar-refractivity contribution in [3.05, 3.63) is 76.0 Å². The number of H-pyrrole nitrogens is 1. The number of halogens is 1. The van der Waals surface area contributed by atoms with Crippen molar-refractivity contribution in [1.82, 2.24) is 10.3 Å². The Morgan fingerprint density at radius 3 is 2.15 bits per heavy atom. The van der Waals surface area contributed by atoms with Crippen LogP contribution >= 0.6 is 22.6 Å². The minimum atomic E-state index is -0.947. The van der Waals surface area contributed by atoms with Gasteiger partial charge in [0, 0.05) is 15.2 Å². The minimum absolute atomic E-state index is 0.210. The Balaban J connectivity index is 1.66. The fraction of sp³-hybridized carbons (Fsp3) is 0.208. The maximum absolute atomic E-state index is 13.5. The topological polar surface area (TPSA) is 98.8 Å². The maximum atomic E-state index is 13.5. The van der Waals surface area contributed by atoms with Crippen LogP contribution in [-0.2, 0) is 9.53 Å². The molecule has 8 nitrogen and oxygen atoms in total. The van der Waals surface area contributed by atoms with Gasteiger partial charge < -0.3 is 15.0 Å². The number of aromatic amines is 1. The first-order chi connectivity index (χ1) is 15.7. The first-order valence-corrected chi connectivity index (χ1v) is 11.5. The van der Waals surface area contributed by atoms with Gasteiger partial charge >= 0.3 is 6.09 Å². The van der Waals surface area contributed by atoms with E-state index < -0.39 is 17.7 Å². The fourth-order valence-corrected chi connectivity index (χ4v) is 3.89. The van der Waals surface area contributed by atoms with Crippen LogP contribution in [0.5, 0.6) is 0 Å². The van der Waals surface area contributed by atoms with Crippen LogP contribution in [0.3, 0.4) is 0 Å². The SMILES string of the molecule is CC(C)(C)C(=O)NC1=NC(OC(=O)N(c2ccccc2)c2ccccc2)c2c(I)c[nH]c2N1. The number of hydrogen-bond acceptors (Lipinski definition) is 5. The van der Waals surface area contributed by atoms with Gasteiger partial charge in [-0.05, 0) is 46.9 Å². The van der Waals surface area contributed by atoms with Gasteiger partial charge in [-0.2, -0.15) is 0 Å². The van der Waals surface area contributed by atoms with E-state index in [0.29, 0.717) is 22.8 Å². The lowest BCUT2D eigenvalue weighted by Gasteiger charge is -2.28. The number of carbonyl (C=O) groups excluding carboxylic acids is 2. The van der Waals surface area contributed by atoms with E-state index in [1.807, 2.05) is 81.4 Å². The third-order valence-corrected chi connectivity index (χ3v) is 5.84. The Hall–Kier alpha value is -3.34. The van der Waals surface area contributed by atoms with Crippen LogP contribution in [0.1, 0.15) is 32.6 Å².